The first-order chi connectivity index (χ1) is 12.9. The topological polar surface area (TPSA) is 65.4 Å². The Hall–Kier alpha value is -2.06. The van der Waals surface area contributed by atoms with Crippen LogP contribution >= 0.6 is 0 Å². The van der Waals surface area contributed by atoms with E-state index in [1.165, 1.54) is 32.1 Å². The Morgan fingerprint density at radius 2 is 2.07 bits per heavy atom. The van der Waals surface area contributed by atoms with Gasteiger partial charge in [-0.3, -0.25) is 4.99 Å². The first-order valence-corrected chi connectivity index (χ1v) is 9.59. The Labute approximate surface area is 157 Å². The van der Waals surface area contributed by atoms with Crippen molar-refractivity contribution in [2.45, 2.75) is 45.2 Å². The molecule has 2 heterocycles. The number of hydrogen-bond donors (Lipinski definition) is 2. The number of aliphatic imine (C=N–C) groups is 1. The molecule has 2 aliphatic rings. The van der Waals surface area contributed by atoms with Crippen LogP contribution in [0.1, 0.15) is 44.7 Å². The molecule has 1 aliphatic carbocycles. The van der Waals surface area contributed by atoms with E-state index in [9.17, 15) is 13.2 Å². The van der Waals surface area contributed by atoms with Crippen LogP contribution in [0.4, 0.5) is 19.1 Å². The highest BCUT2D eigenvalue weighted by Crippen LogP contribution is 2.45. The van der Waals surface area contributed by atoms with E-state index in [4.69, 9.17) is 0 Å². The maximum Gasteiger partial charge on any atom is 0.433 e. The van der Waals surface area contributed by atoms with Crippen LogP contribution in [0, 0.1) is 5.41 Å². The predicted octanol–water partition coefficient (Wildman–Crippen LogP) is 3.14. The van der Waals surface area contributed by atoms with Crippen LogP contribution in [0.25, 0.3) is 0 Å². The standard InChI is InChI=1S/C18H27F3N6/c1-2-22-16(27-12-8-17(13-27)6-3-4-7-17)25-11-10-24-15-23-9-5-14(26-15)18(19,20)21/h5,9H,2-4,6-8,10-13H2,1H3,(H,22,25)(H,23,24,26). The van der Waals surface area contributed by atoms with Crippen molar-refractivity contribution >= 4 is 11.9 Å². The van der Waals surface area contributed by atoms with Gasteiger partial charge in [0.25, 0.3) is 0 Å². The highest BCUT2D eigenvalue weighted by Gasteiger charge is 2.41. The number of anilines is 1. The SMILES string of the molecule is CCNC(=NCCNc1nccc(C(F)(F)F)n1)N1CCC2(CCCC2)C1. The zero-order valence-electron chi connectivity index (χ0n) is 15.6. The lowest BCUT2D eigenvalue weighted by atomic mass is 9.86. The second-order valence-electron chi connectivity index (χ2n) is 7.30. The average molecular weight is 384 g/mol. The van der Waals surface area contributed by atoms with E-state index in [0.717, 1.165) is 37.9 Å². The number of rotatable bonds is 5. The molecule has 1 saturated carbocycles. The molecule has 0 unspecified atom stereocenters. The maximum absolute atomic E-state index is 12.7. The molecule has 2 N–H and O–H groups in total. The molecular weight excluding hydrogens is 357 g/mol. The Balaban J connectivity index is 1.54. The Morgan fingerprint density at radius 1 is 1.30 bits per heavy atom. The van der Waals surface area contributed by atoms with Crippen molar-refractivity contribution in [3.05, 3.63) is 18.0 Å². The Bertz CT molecular complexity index is 655. The molecule has 0 atom stereocenters. The summed E-state index contributed by atoms with van der Waals surface area (Å²) in [6.45, 7) is 5.68. The van der Waals surface area contributed by atoms with Gasteiger partial charge in [0.2, 0.25) is 5.95 Å². The third-order valence-electron chi connectivity index (χ3n) is 5.34. The summed E-state index contributed by atoms with van der Waals surface area (Å²) in [5, 5.41) is 6.14. The predicted molar refractivity (Wildman–Crippen MR) is 98.6 cm³/mol. The minimum atomic E-state index is -4.47. The number of hydrogen-bond acceptors (Lipinski definition) is 4. The van der Waals surface area contributed by atoms with E-state index in [0.29, 0.717) is 18.5 Å². The van der Waals surface area contributed by atoms with E-state index in [1.54, 1.807) is 0 Å². The lowest BCUT2D eigenvalue weighted by Crippen LogP contribution is -2.41. The fourth-order valence-corrected chi connectivity index (χ4v) is 4.01. The molecule has 0 bridgehead atoms. The third kappa shape index (κ3) is 5.01. The summed E-state index contributed by atoms with van der Waals surface area (Å²) in [5.41, 5.74) is -0.490. The Morgan fingerprint density at radius 3 is 2.78 bits per heavy atom. The first-order valence-electron chi connectivity index (χ1n) is 9.59. The summed E-state index contributed by atoms with van der Waals surface area (Å²) in [6, 6.07) is 0.860. The molecule has 27 heavy (non-hydrogen) atoms. The molecule has 2 fully saturated rings. The van der Waals surface area contributed by atoms with Crippen molar-refractivity contribution < 1.29 is 13.2 Å². The molecule has 0 radical (unpaired) electrons. The highest BCUT2D eigenvalue weighted by molar-refractivity contribution is 5.80. The van der Waals surface area contributed by atoms with Gasteiger partial charge in [0.15, 0.2) is 5.96 Å². The molecule has 0 aromatic carbocycles. The van der Waals surface area contributed by atoms with Gasteiger partial charge in [-0.1, -0.05) is 12.8 Å². The molecule has 1 saturated heterocycles. The van der Waals surface area contributed by atoms with E-state index >= 15 is 0 Å². The number of aromatic nitrogens is 2. The van der Waals surface area contributed by atoms with Crippen molar-refractivity contribution in [1.29, 1.82) is 0 Å². The van der Waals surface area contributed by atoms with Gasteiger partial charge in [-0.05, 0) is 37.7 Å². The average Bonchev–Trinajstić information content (AvgIpc) is 3.27. The van der Waals surface area contributed by atoms with Gasteiger partial charge < -0.3 is 15.5 Å². The molecule has 3 rings (SSSR count). The normalized spacial score (nSPS) is 19.7. The summed E-state index contributed by atoms with van der Waals surface area (Å²) < 4.78 is 38.1. The van der Waals surface area contributed by atoms with Crippen LogP contribution < -0.4 is 10.6 Å². The lowest BCUT2D eigenvalue weighted by Gasteiger charge is -2.26. The molecular formula is C18H27F3N6. The molecule has 6 nitrogen and oxygen atoms in total. The zero-order chi connectivity index (χ0) is 19.3. The molecule has 9 heteroatoms. The van der Waals surface area contributed by atoms with Crippen molar-refractivity contribution in [3.8, 4) is 0 Å². The van der Waals surface area contributed by atoms with Gasteiger partial charge in [-0.15, -0.1) is 0 Å². The fraction of sp³-hybridized carbons (Fsp3) is 0.722. The van der Waals surface area contributed by atoms with Crippen molar-refractivity contribution in [1.82, 2.24) is 20.2 Å². The minimum Gasteiger partial charge on any atom is -0.357 e. The number of likely N-dealkylation sites (tertiary alicyclic amines) is 1. The van der Waals surface area contributed by atoms with Gasteiger partial charge in [0.1, 0.15) is 5.69 Å². The monoisotopic (exact) mass is 384 g/mol. The molecule has 1 aromatic rings. The number of nitrogens with one attached hydrogen (secondary N) is 2. The number of nitrogens with zero attached hydrogens (tertiary/aromatic N) is 4. The van der Waals surface area contributed by atoms with Crippen LogP contribution in [-0.2, 0) is 6.18 Å². The lowest BCUT2D eigenvalue weighted by molar-refractivity contribution is -0.141. The molecule has 1 spiro atoms. The zero-order valence-corrected chi connectivity index (χ0v) is 15.6. The van der Waals surface area contributed by atoms with E-state index in [1.807, 2.05) is 6.92 Å². The van der Waals surface area contributed by atoms with Crippen LogP contribution in [0.15, 0.2) is 17.3 Å². The molecule has 150 valence electrons. The quantitative estimate of drug-likeness (QED) is 0.464. The molecule has 1 aromatic heterocycles. The number of alkyl halides is 3. The summed E-state index contributed by atoms with van der Waals surface area (Å²) >= 11 is 0. The summed E-state index contributed by atoms with van der Waals surface area (Å²) in [4.78, 5) is 14.3. The first kappa shape index (κ1) is 19.7. The molecule has 0 amide bonds. The van der Waals surface area contributed by atoms with Gasteiger partial charge in [-0.25, -0.2) is 9.97 Å². The van der Waals surface area contributed by atoms with Gasteiger partial charge in [0.05, 0.1) is 6.54 Å². The van der Waals surface area contributed by atoms with Crippen LogP contribution in [0.2, 0.25) is 0 Å². The van der Waals surface area contributed by atoms with Gasteiger partial charge >= 0.3 is 6.18 Å². The number of guanidine groups is 1. The van der Waals surface area contributed by atoms with Crippen molar-refractivity contribution in [2.75, 3.05) is 38.0 Å². The second-order valence-corrected chi connectivity index (χ2v) is 7.30. The highest BCUT2D eigenvalue weighted by atomic mass is 19.4. The van der Waals surface area contributed by atoms with Gasteiger partial charge in [0, 0.05) is 32.4 Å². The van der Waals surface area contributed by atoms with Crippen LogP contribution in [0.3, 0.4) is 0 Å². The van der Waals surface area contributed by atoms with Crippen molar-refractivity contribution in [2.24, 2.45) is 10.4 Å². The van der Waals surface area contributed by atoms with Crippen LogP contribution in [0.5, 0.6) is 0 Å². The van der Waals surface area contributed by atoms with Crippen molar-refractivity contribution in [3.63, 3.8) is 0 Å². The largest absolute Gasteiger partial charge is 0.433 e. The number of halogens is 3. The minimum absolute atomic E-state index is 0.0314. The second kappa shape index (κ2) is 8.31. The summed E-state index contributed by atoms with van der Waals surface area (Å²) in [7, 11) is 0. The van der Waals surface area contributed by atoms with E-state index < -0.39 is 11.9 Å². The molecule has 1 aliphatic heterocycles. The maximum atomic E-state index is 12.7. The fourth-order valence-electron chi connectivity index (χ4n) is 4.01. The van der Waals surface area contributed by atoms with Crippen LogP contribution in [-0.4, -0.2) is 53.6 Å². The van der Waals surface area contributed by atoms with Gasteiger partial charge in [-0.2, -0.15) is 13.2 Å². The third-order valence-corrected chi connectivity index (χ3v) is 5.34. The Kier molecular flexibility index (Phi) is 6.06. The smallest absolute Gasteiger partial charge is 0.357 e. The van der Waals surface area contributed by atoms with E-state index in [2.05, 4.69) is 30.5 Å². The summed E-state index contributed by atoms with van der Waals surface area (Å²) in [6.07, 6.45) is 3.10. The summed E-state index contributed by atoms with van der Waals surface area (Å²) in [5.74, 6) is 0.851. The van der Waals surface area contributed by atoms with E-state index in [-0.39, 0.29) is 5.95 Å².